The van der Waals surface area contributed by atoms with Crippen molar-refractivity contribution in [3.63, 3.8) is 0 Å². The minimum atomic E-state index is -0.272. The van der Waals surface area contributed by atoms with Crippen molar-refractivity contribution in [2.24, 2.45) is 10.9 Å². The number of hydrogen-bond acceptors (Lipinski definition) is 4. The zero-order chi connectivity index (χ0) is 15.2. The summed E-state index contributed by atoms with van der Waals surface area (Å²) >= 11 is 0. The van der Waals surface area contributed by atoms with Crippen LogP contribution in [0.15, 0.2) is 29.4 Å². The number of rotatable bonds is 6. The lowest BCUT2D eigenvalue weighted by molar-refractivity contribution is -0.124. The van der Waals surface area contributed by atoms with Gasteiger partial charge >= 0.3 is 0 Å². The molecule has 0 spiro atoms. The molecule has 20 heavy (non-hydrogen) atoms. The monoisotopic (exact) mass is 279 g/mol. The van der Waals surface area contributed by atoms with E-state index >= 15 is 0 Å². The van der Waals surface area contributed by atoms with Crippen molar-refractivity contribution in [1.29, 1.82) is 0 Å². The Kier molecular flexibility index (Phi) is 5.37. The van der Waals surface area contributed by atoms with Crippen molar-refractivity contribution in [2.45, 2.75) is 32.7 Å². The summed E-state index contributed by atoms with van der Waals surface area (Å²) in [6.07, 6.45) is 0.819. The molecule has 6 nitrogen and oxygen atoms in total. The summed E-state index contributed by atoms with van der Waals surface area (Å²) in [5, 5.41) is 14.5. The molecule has 0 aromatic heterocycles. The lowest BCUT2D eigenvalue weighted by Crippen LogP contribution is -2.45. The maximum atomic E-state index is 11.8. The number of carbonyl (C=O) groups excluding carboxylic acids is 1. The first-order valence-corrected chi connectivity index (χ1v) is 6.40. The third kappa shape index (κ3) is 4.46. The molecule has 0 saturated heterocycles. The van der Waals surface area contributed by atoms with Crippen LogP contribution in [-0.4, -0.2) is 29.1 Å². The van der Waals surface area contributed by atoms with Crippen LogP contribution < -0.4 is 15.8 Å². The molecular formula is C14H21N3O3. The molecule has 0 unspecified atom stereocenters. The molecule has 110 valence electrons. The van der Waals surface area contributed by atoms with E-state index < -0.39 is 0 Å². The Hall–Kier alpha value is -2.24. The minimum absolute atomic E-state index is 0.0603. The van der Waals surface area contributed by atoms with E-state index in [4.69, 9.17) is 15.7 Å². The molecule has 1 amide bonds. The van der Waals surface area contributed by atoms with E-state index in [1.165, 1.54) is 0 Å². The summed E-state index contributed by atoms with van der Waals surface area (Å²) in [6, 6.07) is 6.79. The number of ether oxygens (including phenoxy) is 1. The summed E-state index contributed by atoms with van der Waals surface area (Å²) in [7, 11) is 0. The van der Waals surface area contributed by atoms with Crippen LogP contribution in [0.4, 0.5) is 0 Å². The van der Waals surface area contributed by atoms with Crippen LogP contribution in [0.2, 0.25) is 0 Å². The fourth-order valence-corrected chi connectivity index (χ4v) is 1.50. The normalized spacial score (nSPS) is 12.1. The Morgan fingerprint density at radius 2 is 2.10 bits per heavy atom. The first-order valence-electron chi connectivity index (χ1n) is 6.40. The molecule has 0 saturated carbocycles. The Bertz CT molecular complexity index is 498. The number of oxime groups is 1. The molecule has 6 heteroatoms. The number of nitrogens with two attached hydrogens (primary N) is 1. The number of nitrogens with one attached hydrogen (secondary N) is 1. The van der Waals surface area contributed by atoms with Crippen LogP contribution in [0.1, 0.15) is 32.8 Å². The van der Waals surface area contributed by atoms with E-state index in [0.717, 1.165) is 6.42 Å². The summed E-state index contributed by atoms with van der Waals surface area (Å²) < 4.78 is 5.43. The third-order valence-corrected chi connectivity index (χ3v) is 2.99. The maximum Gasteiger partial charge on any atom is 0.258 e. The Morgan fingerprint density at radius 1 is 1.45 bits per heavy atom. The van der Waals surface area contributed by atoms with Gasteiger partial charge in [-0.15, -0.1) is 0 Å². The summed E-state index contributed by atoms with van der Waals surface area (Å²) in [5.74, 6) is 0.119. The topological polar surface area (TPSA) is 96.9 Å². The van der Waals surface area contributed by atoms with Crippen LogP contribution in [-0.2, 0) is 4.79 Å². The van der Waals surface area contributed by atoms with E-state index in [-0.39, 0.29) is 23.9 Å². The maximum absolute atomic E-state index is 11.8. The van der Waals surface area contributed by atoms with Crippen LogP contribution in [0.5, 0.6) is 5.75 Å². The van der Waals surface area contributed by atoms with Crippen molar-refractivity contribution >= 4 is 11.7 Å². The van der Waals surface area contributed by atoms with E-state index in [0.29, 0.717) is 11.3 Å². The number of carbonyl (C=O) groups is 1. The second kappa shape index (κ2) is 6.79. The second-order valence-electron chi connectivity index (χ2n) is 5.06. The lowest BCUT2D eigenvalue weighted by Gasteiger charge is -2.24. The average molecular weight is 279 g/mol. The molecule has 0 heterocycles. The molecule has 1 aromatic rings. The summed E-state index contributed by atoms with van der Waals surface area (Å²) in [6.45, 7) is 5.75. The molecule has 0 bridgehead atoms. The van der Waals surface area contributed by atoms with E-state index in [2.05, 4.69) is 10.5 Å². The van der Waals surface area contributed by atoms with Crippen LogP contribution in [0, 0.1) is 0 Å². The first kappa shape index (κ1) is 15.8. The zero-order valence-electron chi connectivity index (χ0n) is 12.0. The van der Waals surface area contributed by atoms with Gasteiger partial charge < -0.3 is 21.0 Å². The number of benzene rings is 1. The number of amides is 1. The van der Waals surface area contributed by atoms with Crippen molar-refractivity contribution in [3.05, 3.63) is 29.8 Å². The Balaban J connectivity index is 2.69. The van der Waals surface area contributed by atoms with Gasteiger partial charge in [0, 0.05) is 5.54 Å². The largest absolute Gasteiger partial charge is 0.483 e. The van der Waals surface area contributed by atoms with Crippen LogP contribution >= 0.6 is 0 Å². The standard InChI is InChI=1S/C14H21N3O3/c1-4-14(2,3)16-12(18)9-20-11-8-6-5-7-10(11)13(15)17-19/h5-8,19H,4,9H2,1-3H3,(H2,15,17)(H,16,18). The van der Waals surface area contributed by atoms with Gasteiger partial charge in [0.25, 0.3) is 5.91 Å². The molecule has 4 N–H and O–H groups in total. The highest BCUT2D eigenvalue weighted by molar-refractivity contribution is 5.99. The van der Waals surface area contributed by atoms with Gasteiger partial charge in [-0.25, -0.2) is 0 Å². The Labute approximate surface area is 118 Å². The molecule has 0 aliphatic heterocycles. The minimum Gasteiger partial charge on any atom is -0.483 e. The van der Waals surface area contributed by atoms with Gasteiger partial charge in [-0.05, 0) is 32.4 Å². The highest BCUT2D eigenvalue weighted by atomic mass is 16.5. The van der Waals surface area contributed by atoms with Gasteiger partial charge in [-0.1, -0.05) is 24.2 Å². The second-order valence-corrected chi connectivity index (χ2v) is 5.06. The SMILES string of the molecule is CCC(C)(C)NC(=O)COc1ccccc1/C(N)=N/O. The molecule has 1 aromatic carbocycles. The number of nitrogens with zero attached hydrogens (tertiary/aromatic N) is 1. The third-order valence-electron chi connectivity index (χ3n) is 2.99. The Morgan fingerprint density at radius 3 is 2.70 bits per heavy atom. The predicted molar refractivity (Wildman–Crippen MR) is 77.0 cm³/mol. The van der Waals surface area contributed by atoms with Crippen LogP contribution in [0.3, 0.4) is 0 Å². The lowest BCUT2D eigenvalue weighted by atomic mass is 10.0. The molecular weight excluding hydrogens is 258 g/mol. The molecule has 0 aliphatic rings. The predicted octanol–water partition coefficient (Wildman–Crippen LogP) is 1.46. The molecule has 0 radical (unpaired) electrons. The van der Waals surface area contributed by atoms with Gasteiger partial charge in [0.15, 0.2) is 12.4 Å². The quantitative estimate of drug-likeness (QED) is 0.318. The van der Waals surface area contributed by atoms with Crippen molar-refractivity contribution in [1.82, 2.24) is 5.32 Å². The van der Waals surface area contributed by atoms with Gasteiger partial charge in [-0.3, -0.25) is 4.79 Å². The average Bonchev–Trinajstić information content (AvgIpc) is 2.44. The van der Waals surface area contributed by atoms with E-state index in [1.807, 2.05) is 20.8 Å². The van der Waals surface area contributed by atoms with Gasteiger partial charge in [0.2, 0.25) is 0 Å². The van der Waals surface area contributed by atoms with Crippen LogP contribution in [0.25, 0.3) is 0 Å². The molecule has 1 rings (SSSR count). The fourth-order valence-electron chi connectivity index (χ4n) is 1.50. The highest BCUT2D eigenvalue weighted by Crippen LogP contribution is 2.17. The molecule has 0 aliphatic carbocycles. The van der Waals surface area contributed by atoms with E-state index in [1.54, 1.807) is 24.3 Å². The highest BCUT2D eigenvalue weighted by Gasteiger charge is 2.18. The van der Waals surface area contributed by atoms with Crippen molar-refractivity contribution in [3.8, 4) is 5.75 Å². The fraction of sp³-hybridized carbons (Fsp3) is 0.429. The van der Waals surface area contributed by atoms with Crippen molar-refractivity contribution in [2.75, 3.05) is 6.61 Å². The summed E-state index contributed by atoms with van der Waals surface area (Å²) in [4.78, 5) is 11.8. The van der Waals surface area contributed by atoms with Crippen molar-refractivity contribution < 1.29 is 14.7 Å². The summed E-state index contributed by atoms with van der Waals surface area (Å²) in [5.41, 5.74) is 5.71. The molecule has 0 fully saturated rings. The van der Waals surface area contributed by atoms with Gasteiger partial charge in [0.05, 0.1) is 5.56 Å². The van der Waals surface area contributed by atoms with E-state index in [9.17, 15) is 4.79 Å². The smallest absolute Gasteiger partial charge is 0.258 e. The van der Waals surface area contributed by atoms with Gasteiger partial charge in [-0.2, -0.15) is 0 Å². The van der Waals surface area contributed by atoms with Gasteiger partial charge in [0.1, 0.15) is 5.75 Å². The first-order chi connectivity index (χ1) is 9.39. The number of amidine groups is 1. The zero-order valence-corrected chi connectivity index (χ0v) is 12.0. The number of para-hydroxylation sites is 1. The molecule has 0 atom stereocenters. The number of hydrogen-bond donors (Lipinski definition) is 3.